The normalized spacial score (nSPS) is 11.0. The lowest BCUT2D eigenvalue weighted by molar-refractivity contribution is -0.139. The molecule has 0 aromatic heterocycles. The largest absolute Gasteiger partial charge is 0.481 e. The standard InChI is InChI=1S/C17H10BrCl2NO3/c18-13-6-10(1-4-16(13)24-9-17(22)23)5-12(8-21)11-2-3-14(19)15(20)7-11/h1-7H,9H2,(H,22,23). The Labute approximate surface area is 157 Å². The summed E-state index contributed by atoms with van der Waals surface area (Å²) in [6, 6.07) is 12.2. The molecule has 1 N–H and O–H groups in total. The van der Waals surface area contributed by atoms with E-state index in [9.17, 15) is 10.1 Å². The maximum absolute atomic E-state index is 10.5. The average molecular weight is 427 g/mol. The minimum atomic E-state index is -1.06. The first-order valence-corrected chi connectivity index (χ1v) is 8.17. The number of nitriles is 1. The summed E-state index contributed by atoms with van der Waals surface area (Å²) in [4.78, 5) is 10.5. The van der Waals surface area contributed by atoms with Crippen molar-refractivity contribution in [3.63, 3.8) is 0 Å². The zero-order valence-corrected chi connectivity index (χ0v) is 15.2. The molecule has 0 saturated carbocycles. The predicted molar refractivity (Wildman–Crippen MR) is 97.2 cm³/mol. The van der Waals surface area contributed by atoms with Gasteiger partial charge in [0.25, 0.3) is 0 Å². The number of carboxylic acid groups (broad SMARTS) is 1. The van der Waals surface area contributed by atoms with Gasteiger partial charge in [-0.1, -0.05) is 35.3 Å². The van der Waals surface area contributed by atoms with Gasteiger partial charge in [0.15, 0.2) is 6.61 Å². The first-order chi connectivity index (χ1) is 11.4. The van der Waals surface area contributed by atoms with Gasteiger partial charge in [0, 0.05) is 0 Å². The molecule has 0 saturated heterocycles. The topological polar surface area (TPSA) is 70.3 Å². The molecule has 2 aromatic carbocycles. The van der Waals surface area contributed by atoms with Crippen molar-refractivity contribution in [2.45, 2.75) is 0 Å². The Bertz CT molecular complexity index is 859. The van der Waals surface area contributed by atoms with E-state index in [4.69, 9.17) is 33.0 Å². The molecule has 2 rings (SSSR count). The van der Waals surface area contributed by atoms with Crippen LogP contribution in [0.5, 0.6) is 5.75 Å². The van der Waals surface area contributed by atoms with Gasteiger partial charge >= 0.3 is 5.97 Å². The molecule has 0 fully saturated rings. The van der Waals surface area contributed by atoms with Crippen molar-refractivity contribution in [3.05, 3.63) is 62.0 Å². The summed E-state index contributed by atoms with van der Waals surface area (Å²) in [5.41, 5.74) is 1.81. The van der Waals surface area contributed by atoms with Gasteiger partial charge in [-0.25, -0.2) is 4.79 Å². The number of nitrogens with zero attached hydrogens (tertiary/aromatic N) is 1. The summed E-state index contributed by atoms with van der Waals surface area (Å²) < 4.78 is 5.72. The molecule has 0 radical (unpaired) electrons. The van der Waals surface area contributed by atoms with E-state index in [1.54, 1.807) is 42.5 Å². The number of rotatable bonds is 5. The minimum Gasteiger partial charge on any atom is -0.481 e. The Kier molecular flexibility index (Phi) is 6.27. The van der Waals surface area contributed by atoms with Crippen LogP contribution in [0.25, 0.3) is 11.6 Å². The van der Waals surface area contributed by atoms with Gasteiger partial charge in [-0.15, -0.1) is 0 Å². The third-order valence-electron chi connectivity index (χ3n) is 2.97. The molecule has 4 nitrogen and oxygen atoms in total. The quantitative estimate of drug-likeness (QED) is 0.521. The third-order valence-corrected chi connectivity index (χ3v) is 4.33. The molecule has 122 valence electrons. The van der Waals surface area contributed by atoms with E-state index in [1.807, 2.05) is 0 Å². The van der Waals surface area contributed by atoms with Crippen LogP contribution in [0.2, 0.25) is 10.0 Å². The molecule has 0 amide bonds. The van der Waals surface area contributed by atoms with E-state index < -0.39 is 12.6 Å². The van der Waals surface area contributed by atoms with Crippen molar-refractivity contribution in [2.24, 2.45) is 0 Å². The highest BCUT2D eigenvalue weighted by atomic mass is 79.9. The Morgan fingerprint density at radius 1 is 1.25 bits per heavy atom. The highest BCUT2D eigenvalue weighted by molar-refractivity contribution is 9.10. The molecule has 0 bridgehead atoms. The number of benzene rings is 2. The van der Waals surface area contributed by atoms with Crippen LogP contribution in [0.1, 0.15) is 11.1 Å². The van der Waals surface area contributed by atoms with Crippen LogP contribution in [-0.2, 0) is 4.79 Å². The summed E-state index contributed by atoms with van der Waals surface area (Å²) in [5, 5.41) is 18.8. The van der Waals surface area contributed by atoms with Crippen LogP contribution < -0.4 is 4.74 Å². The lowest BCUT2D eigenvalue weighted by Crippen LogP contribution is -2.09. The van der Waals surface area contributed by atoms with E-state index in [0.717, 1.165) is 5.56 Å². The molecule has 0 atom stereocenters. The number of carbonyl (C=O) groups is 1. The van der Waals surface area contributed by atoms with Gasteiger partial charge < -0.3 is 9.84 Å². The van der Waals surface area contributed by atoms with Gasteiger partial charge in [-0.3, -0.25) is 0 Å². The zero-order valence-electron chi connectivity index (χ0n) is 12.1. The second kappa shape index (κ2) is 8.20. The smallest absolute Gasteiger partial charge is 0.341 e. The number of carboxylic acids is 1. The SMILES string of the molecule is N#CC(=Cc1ccc(OCC(=O)O)c(Br)c1)c1ccc(Cl)c(Cl)c1. The van der Waals surface area contributed by atoms with Gasteiger partial charge in [-0.2, -0.15) is 5.26 Å². The predicted octanol–water partition coefficient (Wildman–Crippen LogP) is 5.28. The van der Waals surface area contributed by atoms with Gasteiger partial charge in [0.05, 0.1) is 26.2 Å². The fourth-order valence-corrected chi connectivity index (χ4v) is 2.68. The van der Waals surface area contributed by atoms with E-state index in [2.05, 4.69) is 22.0 Å². The van der Waals surface area contributed by atoms with Crippen LogP contribution >= 0.6 is 39.1 Å². The molecular formula is C17H10BrCl2NO3. The number of halogens is 3. The number of hydrogen-bond acceptors (Lipinski definition) is 3. The highest BCUT2D eigenvalue weighted by Gasteiger charge is 2.07. The number of hydrogen-bond donors (Lipinski definition) is 1. The van der Waals surface area contributed by atoms with Crippen molar-refractivity contribution in [1.29, 1.82) is 5.26 Å². The molecule has 0 unspecified atom stereocenters. The van der Waals surface area contributed by atoms with Gasteiger partial charge in [-0.05, 0) is 57.4 Å². The molecule has 0 aliphatic carbocycles. The molecule has 2 aromatic rings. The summed E-state index contributed by atoms with van der Waals surface area (Å²) >= 11 is 15.2. The summed E-state index contributed by atoms with van der Waals surface area (Å²) in [6.45, 7) is -0.430. The van der Waals surface area contributed by atoms with E-state index in [1.165, 1.54) is 0 Å². The number of ether oxygens (including phenoxy) is 1. The van der Waals surface area contributed by atoms with Crippen molar-refractivity contribution >= 4 is 56.8 Å². The average Bonchev–Trinajstić information content (AvgIpc) is 2.54. The Morgan fingerprint density at radius 3 is 2.58 bits per heavy atom. The second-order valence-corrected chi connectivity index (χ2v) is 6.34. The molecular weight excluding hydrogens is 417 g/mol. The molecule has 0 aliphatic heterocycles. The van der Waals surface area contributed by atoms with Crippen LogP contribution in [0.15, 0.2) is 40.9 Å². The fraction of sp³-hybridized carbons (Fsp3) is 0.0588. The third kappa shape index (κ3) is 4.75. The number of allylic oxidation sites excluding steroid dienone is 1. The molecule has 0 aliphatic rings. The van der Waals surface area contributed by atoms with Crippen molar-refractivity contribution in [3.8, 4) is 11.8 Å². The first-order valence-electron chi connectivity index (χ1n) is 6.62. The lowest BCUT2D eigenvalue weighted by atomic mass is 10.0. The highest BCUT2D eigenvalue weighted by Crippen LogP contribution is 2.30. The monoisotopic (exact) mass is 425 g/mol. The van der Waals surface area contributed by atoms with E-state index in [-0.39, 0.29) is 0 Å². The number of aliphatic carboxylic acids is 1. The van der Waals surface area contributed by atoms with Gasteiger partial charge in [0.1, 0.15) is 5.75 Å². The zero-order chi connectivity index (χ0) is 17.7. The Morgan fingerprint density at radius 2 is 2.00 bits per heavy atom. The van der Waals surface area contributed by atoms with Gasteiger partial charge in [0.2, 0.25) is 0 Å². The first kappa shape index (κ1) is 18.3. The van der Waals surface area contributed by atoms with E-state index >= 15 is 0 Å². The fourth-order valence-electron chi connectivity index (χ4n) is 1.87. The van der Waals surface area contributed by atoms with Crippen LogP contribution in [0.3, 0.4) is 0 Å². The summed E-state index contributed by atoms with van der Waals surface area (Å²) in [5.74, 6) is -0.653. The van der Waals surface area contributed by atoms with Crippen molar-refractivity contribution < 1.29 is 14.6 Å². The Hall–Kier alpha value is -2.00. The molecule has 0 spiro atoms. The second-order valence-electron chi connectivity index (χ2n) is 4.67. The van der Waals surface area contributed by atoms with E-state index in [0.29, 0.717) is 31.4 Å². The van der Waals surface area contributed by atoms with Crippen molar-refractivity contribution in [1.82, 2.24) is 0 Å². The molecule has 7 heteroatoms. The lowest BCUT2D eigenvalue weighted by Gasteiger charge is -2.07. The summed E-state index contributed by atoms with van der Waals surface area (Å²) in [7, 11) is 0. The maximum atomic E-state index is 10.5. The Balaban J connectivity index is 2.31. The summed E-state index contributed by atoms with van der Waals surface area (Å²) in [6.07, 6.45) is 1.69. The molecule has 24 heavy (non-hydrogen) atoms. The maximum Gasteiger partial charge on any atom is 0.341 e. The molecule has 0 heterocycles. The van der Waals surface area contributed by atoms with Crippen molar-refractivity contribution in [2.75, 3.05) is 6.61 Å². The van der Waals surface area contributed by atoms with Crippen LogP contribution in [0, 0.1) is 11.3 Å². The minimum absolute atomic E-state index is 0.369. The van der Waals surface area contributed by atoms with Crippen LogP contribution in [-0.4, -0.2) is 17.7 Å². The van der Waals surface area contributed by atoms with Crippen LogP contribution in [0.4, 0.5) is 0 Å².